The molecule has 0 aliphatic heterocycles. The predicted octanol–water partition coefficient (Wildman–Crippen LogP) is 7.11. The minimum atomic E-state index is -0.138. The van der Waals surface area contributed by atoms with Gasteiger partial charge in [0.25, 0.3) is 0 Å². The molecule has 0 aromatic carbocycles. The molecule has 0 heterocycles. The van der Waals surface area contributed by atoms with Crippen molar-refractivity contribution in [3.8, 4) is 0 Å². The van der Waals surface area contributed by atoms with Crippen molar-refractivity contribution in [2.75, 3.05) is 13.7 Å². The first-order chi connectivity index (χ1) is 12.5. The van der Waals surface area contributed by atoms with Gasteiger partial charge in [0.05, 0.1) is 17.8 Å². The molecule has 0 unspecified atom stereocenters. The number of Topliss-reactive ketones (excluding diaryl/α,β-unsaturated/α-hetero) is 1. The van der Waals surface area contributed by atoms with Gasteiger partial charge in [0, 0.05) is 18.9 Å². The Kier molecular flexibility index (Phi) is 12.7. The van der Waals surface area contributed by atoms with Gasteiger partial charge in [-0.25, -0.2) is 0 Å². The number of rotatable bonds is 17. The summed E-state index contributed by atoms with van der Waals surface area (Å²) in [5, 5.41) is 0. The summed E-state index contributed by atoms with van der Waals surface area (Å²) in [6, 6.07) is 0. The van der Waals surface area contributed by atoms with Crippen molar-refractivity contribution < 1.29 is 14.3 Å². The number of methoxy groups -OCH3 is 1. The monoisotopic (exact) mass is 384 g/mol. The molecule has 0 aliphatic carbocycles. The highest BCUT2D eigenvalue weighted by atomic mass is 16.5. The average Bonchev–Trinajstić information content (AvgIpc) is 2.61. The van der Waals surface area contributed by atoms with Gasteiger partial charge in [-0.1, -0.05) is 52.9 Å². The zero-order chi connectivity index (χ0) is 21.0. The maximum Gasteiger partial charge on any atom is 0.138 e. The van der Waals surface area contributed by atoms with Crippen LogP contribution in [-0.4, -0.2) is 30.7 Å². The lowest BCUT2D eigenvalue weighted by atomic mass is 9.75. The van der Waals surface area contributed by atoms with E-state index in [9.17, 15) is 4.79 Å². The Bertz CT molecular complexity index is 390. The summed E-state index contributed by atoms with van der Waals surface area (Å²) in [6.45, 7) is 15.8. The molecule has 0 spiro atoms. The molecule has 0 atom stereocenters. The van der Waals surface area contributed by atoms with Gasteiger partial charge in [-0.3, -0.25) is 4.79 Å². The molecule has 0 amide bonds. The normalized spacial score (nSPS) is 13.2. The van der Waals surface area contributed by atoms with E-state index in [0.29, 0.717) is 12.4 Å². The van der Waals surface area contributed by atoms with Crippen molar-refractivity contribution in [1.82, 2.24) is 0 Å². The minimum Gasteiger partial charge on any atom is -0.379 e. The molecule has 0 aliphatic rings. The van der Waals surface area contributed by atoms with Crippen LogP contribution in [0.4, 0.5) is 0 Å². The minimum absolute atomic E-state index is 0.107. The molecule has 0 aromatic heterocycles. The topological polar surface area (TPSA) is 35.5 Å². The molecule has 0 bridgehead atoms. The second kappa shape index (κ2) is 12.9. The highest BCUT2D eigenvalue weighted by molar-refractivity contribution is 5.84. The first kappa shape index (κ1) is 26.6. The van der Waals surface area contributed by atoms with Crippen molar-refractivity contribution in [2.45, 2.75) is 130 Å². The van der Waals surface area contributed by atoms with Gasteiger partial charge in [-0.05, 0) is 59.8 Å². The smallest absolute Gasteiger partial charge is 0.138 e. The molecule has 0 N–H and O–H groups in total. The molecule has 162 valence electrons. The fourth-order valence-electron chi connectivity index (χ4n) is 3.42. The van der Waals surface area contributed by atoms with Crippen molar-refractivity contribution >= 4 is 5.78 Å². The maximum atomic E-state index is 12.9. The van der Waals surface area contributed by atoms with E-state index in [4.69, 9.17) is 9.47 Å². The largest absolute Gasteiger partial charge is 0.379 e. The van der Waals surface area contributed by atoms with Crippen molar-refractivity contribution in [2.24, 2.45) is 5.41 Å². The molecule has 27 heavy (non-hydrogen) atoms. The zero-order valence-corrected chi connectivity index (χ0v) is 19.7. The van der Waals surface area contributed by atoms with Crippen LogP contribution in [0.15, 0.2) is 0 Å². The highest BCUT2D eigenvalue weighted by Crippen LogP contribution is 2.33. The van der Waals surface area contributed by atoms with E-state index < -0.39 is 0 Å². The molecule has 3 nitrogen and oxygen atoms in total. The van der Waals surface area contributed by atoms with Crippen LogP contribution in [0.25, 0.3) is 0 Å². The Morgan fingerprint density at radius 1 is 0.741 bits per heavy atom. The third kappa shape index (κ3) is 11.9. The average molecular weight is 385 g/mol. The molecule has 0 saturated heterocycles. The van der Waals surface area contributed by atoms with Crippen molar-refractivity contribution in [1.29, 1.82) is 0 Å². The van der Waals surface area contributed by atoms with Gasteiger partial charge in [-0.2, -0.15) is 0 Å². The maximum absolute atomic E-state index is 12.9. The Morgan fingerprint density at radius 3 is 1.78 bits per heavy atom. The number of unbranched alkanes of at least 4 members (excludes halogenated alkanes) is 3. The molecule has 0 saturated carbocycles. The summed E-state index contributed by atoms with van der Waals surface area (Å²) in [5.41, 5.74) is -0.381. The van der Waals surface area contributed by atoms with E-state index in [1.165, 1.54) is 12.8 Å². The number of carbonyl (C=O) groups is 1. The van der Waals surface area contributed by atoms with Gasteiger partial charge in [0.2, 0.25) is 0 Å². The number of carbonyl (C=O) groups excluding carboxylic acids is 1. The van der Waals surface area contributed by atoms with E-state index in [1.54, 1.807) is 7.11 Å². The summed E-state index contributed by atoms with van der Waals surface area (Å²) in [4.78, 5) is 12.9. The first-order valence-corrected chi connectivity index (χ1v) is 11.2. The van der Waals surface area contributed by atoms with E-state index >= 15 is 0 Å². The Balaban J connectivity index is 4.28. The lowest BCUT2D eigenvalue weighted by Gasteiger charge is -2.30. The molecule has 0 radical (unpaired) electrons. The standard InChI is InChI=1S/C24H48O3/c1-9-11-17-24(7,18-12-10-2)21(25)15-13-14-16-23(5,6)27-20-19-22(3,4)26-8/h9-20H2,1-8H3. The van der Waals surface area contributed by atoms with Gasteiger partial charge in [-0.15, -0.1) is 0 Å². The lowest BCUT2D eigenvalue weighted by molar-refractivity contribution is -0.129. The first-order valence-electron chi connectivity index (χ1n) is 11.2. The fraction of sp³-hybridized carbons (Fsp3) is 0.958. The van der Waals surface area contributed by atoms with Crippen LogP contribution < -0.4 is 0 Å². The Morgan fingerprint density at radius 2 is 1.30 bits per heavy atom. The number of hydrogen-bond donors (Lipinski definition) is 0. The van der Waals surface area contributed by atoms with Gasteiger partial charge >= 0.3 is 0 Å². The highest BCUT2D eigenvalue weighted by Gasteiger charge is 2.31. The SMILES string of the molecule is CCCCC(C)(CCCC)C(=O)CCCCC(C)(C)OCCC(C)(C)OC. The van der Waals surface area contributed by atoms with Crippen LogP contribution in [-0.2, 0) is 14.3 Å². The summed E-state index contributed by atoms with van der Waals surface area (Å²) in [5.74, 6) is 0.477. The van der Waals surface area contributed by atoms with Crippen molar-refractivity contribution in [3.05, 3.63) is 0 Å². The van der Waals surface area contributed by atoms with Crippen molar-refractivity contribution in [3.63, 3.8) is 0 Å². The van der Waals surface area contributed by atoms with E-state index in [2.05, 4.69) is 48.5 Å². The third-order valence-corrected chi connectivity index (χ3v) is 6.02. The summed E-state index contributed by atoms with van der Waals surface area (Å²) < 4.78 is 11.5. The summed E-state index contributed by atoms with van der Waals surface area (Å²) >= 11 is 0. The van der Waals surface area contributed by atoms with Crippen LogP contribution in [0, 0.1) is 5.41 Å². The quantitative estimate of drug-likeness (QED) is 0.251. The van der Waals surface area contributed by atoms with Crippen LogP contribution in [0.3, 0.4) is 0 Å². The second-order valence-electron chi connectivity index (χ2n) is 9.72. The number of ketones is 1. The number of ether oxygens (including phenoxy) is 2. The van der Waals surface area contributed by atoms with E-state index in [-0.39, 0.29) is 16.6 Å². The van der Waals surface area contributed by atoms with Gasteiger partial charge < -0.3 is 9.47 Å². The molecule has 0 fully saturated rings. The molecular weight excluding hydrogens is 336 g/mol. The van der Waals surface area contributed by atoms with Gasteiger partial charge in [0.15, 0.2) is 0 Å². The third-order valence-electron chi connectivity index (χ3n) is 6.02. The van der Waals surface area contributed by atoms with Gasteiger partial charge in [0.1, 0.15) is 5.78 Å². The van der Waals surface area contributed by atoms with E-state index in [1.807, 2.05) is 0 Å². The fourth-order valence-corrected chi connectivity index (χ4v) is 3.42. The molecule has 0 aromatic rings. The predicted molar refractivity (Wildman–Crippen MR) is 116 cm³/mol. The van der Waals surface area contributed by atoms with Crippen LogP contribution in [0.2, 0.25) is 0 Å². The number of hydrogen-bond acceptors (Lipinski definition) is 3. The van der Waals surface area contributed by atoms with Crippen LogP contribution in [0.5, 0.6) is 0 Å². The van der Waals surface area contributed by atoms with Crippen LogP contribution >= 0.6 is 0 Å². The van der Waals surface area contributed by atoms with Crippen LogP contribution in [0.1, 0.15) is 119 Å². The van der Waals surface area contributed by atoms with E-state index in [0.717, 1.165) is 57.8 Å². The zero-order valence-electron chi connectivity index (χ0n) is 19.7. The summed E-state index contributed by atoms with van der Waals surface area (Å²) in [6.07, 6.45) is 11.4. The molecular formula is C24H48O3. The lowest BCUT2D eigenvalue weighted by Crippen LogP contribution is -2.30. The molecule has 3 heteroatoms. The Labute approximate surface area is 170 Å². The molecule has 0 rings (SSSR count). The Hall–Kier alpha value is -0.410. The summed E-state index contributed by atoms with van der Waals surface area (Å²) in [7, 11) is 1.75. The second-order valence-corrected chi connectivity index (χ2v) is 9.72.